The summed E-state index contributed by atoms with van der Waals surface area (Å²) in [4.78, 5) is 26.2. The maximum atomic E-state index is 12.3. The van der Waals surface area contributed by atoms with Crippen LogP contribution in [0.2, 0.25) is 0 Å². The largest absolute Gasteiger partial charge is 0.417 e. The van der Waals surface area contributed by atoms with E-state index in [1.54, 1.807) is 4.90 Å². The van der Waals surface area contributed by atoms with E-state index in [2.05, 4.69) is 27.7 Å². The molecule has 0 aromatic rings. The molecule has 3 unspecified atom stereocenters. The molecule has 0 radical (unpaired) electrons. The Bertz CT molecular complexity index is 381. The van der Waals surface area contributed by atoms with Gasteiger partial charge in [-0.2, -0.15) is 0 Å². The fourth-order valence-corrected chi connectivity index (χ4v) is 3.86. The SMILES string of the molecule is CC(C)CN(CC(C)C)C(=O)OC(=O)C1CC2CCC1C2. The predicted octanol–water partition coefficient (Wildman–Crippen LogP) is 3.70. The van der Waals surface area contributed by atoms with Gasteiger partial charge in [0.05, 0.1) is 5.92 Å². The van der Waals surface area contributed by atoms with Crippen molar-refractivity contribution in [2.45, 2.75) is 53.4 Å². The summed E-state index contributed by atoms with van der Waals surface area (Å²) in [5.41, 5.74) is 0. The van der Waals surface area contributed by atoms with Crippen LogP contribution in [0.3, 0.4) is 0 Å². The van der Waals surface area contributed by atoms with Crippen LogP contribution in [0.1, 0.15) is 53.4 Å². The molecule has 0 saturated heterocycles. The number of hydrogen-bond acceptors (Lipinski definition) is 3. The molecule has 0 aliphatic heterocycles. The summed E-state index contributed by atoms with van der Waals surface area (Å²) < 4.78 is 5.20. The van der Waals surface area contributed by atoms with E-state index in [-0.39, 0.29) is 11.9 Å². The number of ether oxygens (including phenoxy) is 1. The van der Waals surface area contributed by atoms with Gasteiger partial charge in [-0.15, -0.1) is 0 Å². The van der Waals surface area contributed by atoms with Crippen molar-refractivity contribution in [1.29, 1.82) is 0 Å². The molecule has 3 atom stereocenters. The van der Waals surface area contributed by atoms with Crippen molar-refractivity contribution in [3.63, 3.8) is 0 Å². The highest BCUT2D eigenvalue weighted by atomic mass is 16.6. The summed E-state index contributed by atoms with van der Waals surface area (Å²) >= 11 is 0. The molecule has 0 heterocycles. The first-order valence-corrected chi connectivity index (χ1v) is 8.37. The second-order valence-electron chi connectivity index (χ2n) is 7.66. The lowest BCUT2D eigenvalue weighted by molar-refractivity contribution is -0.144. The first-order chi connectivity index (χ1) is 9.86. The van der Waals surface area contributed by atoms with E-state index in [4.69, 9.17) is 4.74 Å². The number of nitrogens with zero attached hydrogens (tertiary/aromatic N) is 1. The zero-order valence-electron chi connectivity index (χ0n) is 13.8. The molecule has 21 heavy (non-hydrogen) atoms. The van der Waals surface area contributed by atoms with Crippen molar-refractivity contribution >= 4 is 12.1 Å². The zero-order chi connectivity index (χ0) is 15.6. The van der Waals surface area contributed by atoms with Gasteiger partial charge in [0.2, 0.25) is 0 Å². The second-order valence-corrected chi connectivity index (χ2v) is 7.66. The van der Waals surface area contributed by atoms with Crippen molar-refractivity contribution in [2.24, 2.45) is 29.6 Å². The summed E-state index contributed by atoms with van der Waals surface area (Å²) in [6, 6.07) is 0. The monoisotopic (exact) mass is 295 g/mol. The van der Waals surface area contributed by atoms with Crippen molar-refractivity contribution in [2.75, 3.05) is 13.1 Å². The maximum Gasteiger partial charge on any atom is 0.417 e. The molecule has 2 rings (SSSR count). The Labute approximate surface area is 128 Å². The van der Waals surface area contributed by atoms with Gasteiger partial charge < -0.3 is 9.64 Å². The van der Waals surface area contributed by atoms with Crippen LogP contribution in [-0.4, -0.2) is 30.1 Å². The molecular weight excluding hydrogens is 266 g/mol. The highest BCUT2D eigenvalue weighted by Crippen LogP contribution is 2.48. The van der Waals surface area contributed by atoms with Gasteiger partial charge in [-0.05, 0) is 42.9 Å². The molecule has 2 bridgehead atoms. The molecule has 4 heteroatoms. The number of rotatable bonds is 5. The molecule has 0 spiro atoms. The third-order valence-electron chi connectivity index (χ3n) is 4.66. The molecule has 0 aromatic carbocycles. The quantitative estimate of drug-likeness (QED) is 0.574. The molecular formula is C17H29NO3. The Hall–Kier alpha value is -1.06. The van der Waals surface area contributed by atoms with Crippen LogP contribution in [0.25, 0.3) is 0 Å². The topological polar surface area (TPSA) is 46.6 Å². The van der Waals surface area contributed by atoms with Gasteiger partial charge in [-0.3, -0.25) is 4.79 Å². The molecule has 2 aliphatic rings. The van der Waals surface area contributed by atoms with Gasteiger partial charge in [0.25, 0.3) is 0 Å². The minimum absolute atomic E-state index is 0.0346. The summed E-state index contributed by atoms with van der Waals surface area (Å²) in [5.74, 6) is 1.56. The van der Waals surface area contributed by atoms with E-state index >= 15 is 0 Å². The number of amides is 1. The van der Waals surface area contributed by atoms with Gasteiger partial charge in [-0.25, -0.2) is 4.79 Å². The predicted molar refractivity (Wildman–Crippen MR) is 81.7 cm³/mol. The highest BCUT2D eigenvalue weighted by Gasteiger charge is 2.44. The average Bonchev–Trinajstić information content (AvgIpc) is 2.98. The smallest absolute Gasteiger partial charge is 0.376 e. The third-order valence-corrected chi connectivity index (χ3v) is 4.66. The van der Waals surface area contributed by atoms with E-state index in [1.807, 2.05) is 0 Å². The summed E-state index contributed by atoms with van der Waals surface area (Å²) in [6.45, 7) is 9.55. The van der Waals surface area contributed by atoms with E-state index in [9.17, 15) is 9.59 Å². The molecule has 2 aliphatic carbocycles. The van der Waals surface area contributed by atoms with E-state index in [1.165, 1.54) is 6.42 Å². The Morgan fingerprint density at radius 3 is 2.10 bits per heavy atom. The Morgan fingerprint density at radius 1 is 1.05 bits per heavy atom. The molecule has 120 valence electrons. The van der Waals surface area contributed by atoms with E-state index in [0.717, 1.165) is 19.3 Å². The van der Waals surface area contributed by atoms with Crippen molar-refractivity contribution < 1.29 is 14.3 Å². The minimum Gasteiger partial charge on any atom is -0.376 e. The number of esters is 1. The van der Waals surface area contributed by atoms with Gasteiger partial charge in [-0.1, -0.05) is 34.1 Å². The minimum atomic E-state index is -0.454. The molecule has 0 aromatic heterocycles. The van der Waals surface area contributed by atoms with Crippen LogP contribution in [0, 0.1) is 29.6 Å². The normalized spacial score (nSPS) is 27.4. The van der Waals surface area contributed by atoms with Gasteiger partial charge in [0.1, 0.15) is 0 Å². The van der Waals surface area contributed by atoms with Gasteiger partial charge in [0, 0.05) is 13.1 Å². The summed E-state index contributed by atoms with van der Waals surface area (Å²) in [6.07, 6.45) is 3.99. The van der Waals surface area contributed by atoms with Crippen molar-refractivity contribution in [3.8, 4) is 0 Å². The molecule has 0 N–H and O–H groups in total. The van der Waals surface area contributed by atoms with Crippen LogP contribution >= 0.6 is 0 Å². The lowest BCUT2D eigenvalue weighted by Gasteiger charge is -2.26. The number of hydrogen-bond donors (Lipinski definition) is 0. The lowest BCUT2D eigenvalue weighted by atomic mass is 9.89. The van der Waals surface area contributed by atoms with E-state index < -0.39 is 6.09 Å². The van der Waals surface area contributed by atoms with Crippen LogP contribution in [0.4, 0.5) is 4.79 Å². The molecule has 2 saturated carbocycles. The van der Waals surface area contributed by atoms with Gasteiger partial charge >= 0.3 is 12.1 Å². The fourth-order valence-electron chi connectivity index (χ4n) is 3.86. The standard InChI is InChI=1S/C17H29NO3/c1-11(2)9-18(10-12(3)4)17(20)21-16(19)15-8-13-5-6-14(15)7-13/h11-15H,5-10H2,1-4H3. The first-order valence-electron chi connectivity index (χ1n) is 8.37. The Balaban J connectivity index is 1.89. The first kappa shape index (κ1) is 16.3. The maximum absolute atomic E-state index is 12.3. The van der Waals surface area contributed by atoms with Crippen LogP contribution in [0.5, 0.6) is 0 Å². The third kappa shape index (κ3) is 4.21. The van der Waals surface area contributed by atoms with E-state index in [0.29, 0.717) is 36.8 Å². The van der Waals surface area contributed by atoms with Crippen LogP contribution in [0.15, 0.2) is 0 Å². The molecule has 4 nitrogen and oxygen atoms in total. The van der Waals surface area contributed by atoms with Crippen molar-refractivity contribution in [3.05, 3.63) is 0 Å². The molecule has 2 fully saturated rings. The lowest BCUT2D eigenvalue weighted by Crippen LogP contribution is -2.39. The zero-order valence-corrected chi connectivity index (χ0v) is 13.8. The number of carbonyl (C=O) groups is 2. The Kier molecular flexibility index (Phi) is 5.28. The van der Waals surface area contributed by atoms with Crippen LogP contribution in [-0.2, 0) is 9.53 Å². The summed E-state index contributed by atoms with van der Waals surface area (Å²) in [5, 5.41) is 0. The fraction of sp³-hybridized carbons (Fsp3) is 0.882. The summed E-state index contributed by atoms with van der Waals surface area (Å²) in [7, 11) is 0. The highest BCUT2D eigenvalue weighted by molar-refractivity contribution is 5.86. The van der Waals surface area contributed by atoms with Crippen LogP contribution < -0.4 is 0 Å². The number of fused-ring (bicyclic) bond motifs is 2. The van der Waals surface area contributed by atoms with Crippen molar-refractivity contribution in [1.82, 2.24) is 4.90 Å². The second kappa shape index (κ2) is 6.80. The number of carbonyl (C=O) groups excluding carboxylic acids is 2. The average molecular weight is 295 g/mol. The van der Waals surface area contributed by atoms with Gasteiger partial charge in [0.15, 0.2) is 0 Å². The molecule has 1 amide bonds. The Morgan fingerprint density at radius 2 is 1.67 bits per heavy atom.